The number of aromatic hydroxyl groups is 1. The Kier molecular flexibility index (Phi) is 4.83. The van der Waals surface area contributed by atoms with Crippen LogP contribution < -0.4 is 4.74 Å². The fraction of sp³-hybridized carbons (Fsp3) is 0.680. The van der Waals surface area contributed by atoms with Crippen LogP contribution in [0, 0.1) is 17.3 Å². The third-order valence-electron chi connectivity index (χ3n) is 8.12. The highest BCUT2D eigenvalue weighted by Crippen LogP contribution is 2.73. The van der Waals surface area contributed by atoms with Crippen LogP contribution in [0.15, 0.2) is 18.7 Å². The molecule has 4 heteroatoms. The molecular weight excluding hydrogens is 364 g/mol. The topological polar surface area (TPSA) is 69.9 Å². The summed E-state index contributed by atoms with van der Waals surface area (Å²) in [5.74, 6) is 2.30. The lowest BCUT2D eigenvalue weighted by Gasteiger charge is -2.39. The lowest BCUT2D eigenvalue weighted by Crippen LogP contribution is -2.41. The van der Waals surface area contributed by atoms with E-state index in [0.717, 1.165) is 41.7 Å². The quantitative estimate of drug-likeness (QED) is 0.622. The van der Waals surface area contributed by atoms with Crippen LogP contribution in [0.3, 0.4) is 0 Å². The Morgan fingerprint density at radius 2 is 2.00 bits per heavy atom. The lowest BCUT2D eigenvalue weighted by atomic mass is 9.83. The predicted octanol–water partition coefficient (Wildman–Crippen LogP) is 4.31. The second-order valence-corrected chi connectivity index (χ2v) is 10.5. The molecule has 2 saturated carbocycles. The van der Waals surface area contributed by atoms with E-state index in [1.165, 1.54) is 12.8 Å². The number of allylic oxidation sites excluding steroid dienone is 1. The molecule has 0 saturated heterocycles. The van der Waals surface area contributed by atoms with Gasteiger partial charge < -0.3 is 20.1 Å². The second kappa shape index (κ2) is 6.75. The van der Waals surface area contributed by atoms with Crippen molar-refractivity contribution in [2.45, 2.75) is 89.9 Å². The number of aliphatic hydroxyl groups excluding tert-OH is 1. The summed E-state index contributed by atoms with van der Waals surface area (Å²) in [5, 5.41) is 31.7. The summed E-state index contributed by atoms with van der Waals surface area (Å²) in [4.78, 5) is 0. The maximum atomic E-state index is 10.9. The van der Waals surface area contributed by atoms with E-state index in [0.29, 0.717) is 35.8 Å². The Hall–Kier alpha value is -1.52. The SMILES string of the molecule is C=CCc1cc(C[C@@H](O)C(C)(C)O)c2c(c1O)CC[C@@]1(CC[C@@]3(C(C)C)C[C@@H]13)O2. The molecule has 1 heterocycles. The van der Waals surface area contributed by atoms with Gasteiger partial charge in [0.25, 0.3) is 0 Å². The van der Waals surface area contributed by atoms with Crippen LogP contribution >= 0.6 is 0 Å². The third kappa shape index (κ3) is 3.19. The van der Waals surface area contributed by atoms with Crippen molar-refractivity contribution in [3.05, 3.63) is 35.4 Å². The Morgan fingerprint density at radius 3 is 2.55 bits per heavy atom. The molecule has 3 aliphatic rings. The Morgan fingerprint density at radius 1 is 1.28 bits per heavy atom. The zero-order valence-electron chi connectivity index (χ0n) is 18.3. The highest BCUT2D eigenvalue weighted by atomic mass is 16.5. The van der Waals surface area contributed by atoms with Crippen LogP contribution in [0.25, 0.3) is 0 Å². The number of benzene rings is 1. The molecule has 0 amide bonds. The molecule has 2 aliphatic carbocycles. The van der Waals surface area contributed by atoms with Crippen LogP contribution in [-0.2, 0) is 19.3 Å². The number of hydrogen-bond acceptors (Lipinski definition) is 4. The minimum absolute atomic E-state index is 0.141. The van der Waals surface area contributed by atoms with Gasteiger partial charge in [-0.3, -0.25) is 0 Å². The van der Waals surface area contributed by atoms with Crippen molar-refractivity contribution in [2.24, 2.45) is 17.3 Å². The molecule has 29 heavy (non-hydrogen) atoms. The van der Waals surface area contributed by atoms with Gasteiger partial charge in [-0.15, -0.1) is 6.58 Å². The minimum Gasteiger partial charge on any atom is -0.507 e. The first-order valence-corrected chi connectivity index (χ1v) is 11.1. The van der Waals surface area contributed by atoms with Crippen molar-refractivity contribution in [2.75, 3.05) is 0 Å². The van der Waals surface area contributed by atoms with Crippen molar-refractivity contribution in [1.82, 2.24) is 0 Å². The van der Waals surface area contributed by atoms with Gasteiger partial charge in [-0.05, 0) is 80.9 Å². The molecule has 1 spiro atoms. The molecule has 2 fully saturated rings. The molecule has 0 radical (unpaired) electrons. The van der Waals surface area contributed by atoms with Crippen LogP contribution in [-0.4, -0.2) is 32.6 Å². The molecule has 0 bridgehead atoms. The number of hydrogen-bond donors (Lipinski definition) is 3. The molecule has 4 atom stereocenters. The van der Waals surface area contributed by atoms with Crippen molar-refractivity contribution >= 4 is 0 Å². The van der Waals surface area contributed by atoms with Crippen molar-refractivity contribution in [3.8, 4) is 11.5 Å². The van der Waals surface area contributed by atoms with Crippen molar-refractivity contribution in [1.29, 1.82) is 0 Å². The van der Waals surface area contributed by atoms with Crippen LogP contribution in [0.2, 0.25) is 0 Å². The van der Waals surface area contributed by atoms with E-state index in [2.05, 4.69) is 20.4 Å². The van der Waals surface area contributed by atoms with E-state index in [9.17, 15) is 15.3 Å². The van der Waals surface area contributed by atoms with Crippen LogP contribution in [0.1, 0.15) is 70.1 Å². The van der Waals surface area contributed by atoms with E-state index in [4.69, 9.17) is 4.74 Å². The van der Waals surface area contributed by atoms with Gasteiger partial charge in [0, 0.05) is 17.9 Å². The molecule has 1 aliphatic heterocycles. The first-order chi connectivity index (χ1) is 13.5. The summed E-state index contributed by atoms with van der Waals surface area (Å²) in [7, 11) is 0. The Labute approximate surface area is 174 Å². The number of phenolic OH excluding ortho intramolecular Hbond substituents is 1. The highest BCUT2D eigenvalue weighted by molar-refractivity contribution is 5.56. The largest absolute Gasteiger partial charge is 0.507 e. The van der Waals surface area contributed by atoms with Crippen LogP contribution in [0.4, 0.5) is 0 Å². The van der Waals surface area contributed by atoms with Gasteiger partial charge in [-0.2, -0.15) is 0 Å². The smallest absolute Gasteiger partial charge is 0.130 e. The number of aliphatic hydroxyl groups is 2. The molecule has 3 N–H and O–H groups in total. The number of fused-ring (bicyclic) bond motifs is 3. The maximum absolute atomic E-state index is 10.9. The summed E-state index contributed by atoms with van der Waals surface area (Å²) in [6.45, 7) is 11.7. The standard InChI is InChI=1S/C25H36O4/c1-6-7-16-12-17(13-20(26)23(4,5)28)22-18(21(16)27)8-9-25(29-22)11-10-24(15(2)3)14-19(24)25/h6,12,15,19-20,26-28H,1,7-11,13-14H2,2-5H3/t19-,20-,24+,25+/m1/s1. The fourth-order valence-electron chi connectivity index (χ4n) is 5.98. The van der Waals surface area contributed by atoms with Gasteiger partial charge in [0.05, 0.1) is 11.7 Å². The molecule has 160 valence electrons. The van der Waals surface area contributed by atoms with E-state index in [1.807, 2.05) is 6.07 Å². The van der Waals surface area contributed by atoms with E-state index < -0.39 is 11.7 Å². The van der Waals surface area contributed by atoms with Gasteiger partial charge in [0.1, 0.15) is 17.1 Å². The summed E-state index contributed by atoms with van der Waals surface area (Å²) in [5.41, 5.74) is 1.63. The number of rotatable bonds is 6. The Bertz CT molecular complexity index is 821. The number of phenols is 1. The summed E-state index contributed by atoms with van der Waals surface area (Å²) in [6.07, 6.45) is 6.99. The average Bonchev–Trinajstić information content (AvgIpc) is 3.33. The zero-order chi connectivity index (χ0) is 21.2. The van der Waals surface area contributed by atoms with Gasteiger partial charge in [0.2, 0.25) is 0 Å². The first kappa shape index (κ1) is 20.7. The summed E-state index contributed by atoms with van der Waals surface area (Å²) in [6, 6.07) is 1.93. The first-order valence-electron chi connectivity index (χ1n) is 11.1. The van der Waals surface area contributed by atoms with Gasteiger partial charge >= 0.3 is 0 Å². The zero-order valence-corrected chi connectivity index (χ0v) is 18.3. The molecule has 1 aromatic rings. The van der Waals surface area contributed by atoms with Gasteiger partial charge in [0.15, 0.2) is 0 Å². The number of ether oxygens (including phenoxy) is 1. The maximum Gasteiger partial charge on any atom is 0.130 e. The molecule has 0 unspecified atom stereocenters. The predicted molar refractivity (Wildman–Crippen MR) is 114 cm³/mol. The van der Waals surface area contributed by atoms with Crippen molar-refractivity contribution in [3.63, 3.8) is 0 Å². The lowest BCUT2D eigenvalue weighted by molar-refractivity contribution is -0.0478. The molecular formula is C25H36O4. The summed E-state index contributed by atoms with van der Waals surface area (Å²) < 4.78 is 6.79. The van der Waals surface area contributed by atoms with Crippen molar-refractivity contribution < 1.29 is 20.1 Å². The van der Waals surface area contributed by atoms with Gasteiger partial charge in [-0.1, -0.05) is 19.9 Å². The fourth-order valence-corrected chi connectivity index (χ4v) is 5.98. The molecule has 4 nitrogen and oxygen atoms in total. The second-order valence-electron chi connectivity index (χ2n) is 10.5. The monoisotopic (exact) mass is 400 g/mol. The molecule has 0 aromatic heterocycles. The average molecular weight is 401 g/mol. The highest BCUT2D eigenvalue weighted by Gasteiger charge is 2.70. The van der Waals surface area contributed by atoms with E-state index >= 15 is 0 Å². The van der Waals surface area contributed by atoms with Gasteiger partial charge in [-0.25, -0.2) is 0 Å². The summed E-state index contributed by atoms with van der Waals surface area (Å²) >= 11 is 0. The Balaban J connectivity index is 1.72. The van der Waals surface area contributed by atoms with Crippen LogP contribution in [0.5, 0.6) is 11.5 Å². The van der Waals surface area contributed by atoms with E-state index in [1.54, 1.807) is 19.9 Å². The normalized spacial score (nSPS) is 31.3. The molecule has 1 aromatic carbocycles. The minimum atomic E-state index is -1.20. The third-order valence-corrected chi connectivity index (χ3v) is 8.12. The van der Waals surface area contributed by atoms with E-state index in [-0.39, 0.29) is 5.60 Å². The molecule has 4 rings (SSSR count).